The molecule has 9 heteroatoms. The van der Waals surface area contributed by atoms with Crippen molar-refractivity contribution in [3.05, 3.63) is 65.0 Å². The fourth-order valence-corrected chi connectivity index (χ4v) is 3.12. The van der Waals surface area contributed by atoms with Crippen LogP contribution in [0, 0.1) is 11.3 Å². The number of carbonyl (C=O) groups is 1. The largest absolute Gasteiger partial charge is 0.463 e. The number of nitriles is 1. The van der Waals surface area contributed by atoms with Crippen LogP contribution in [-0.4, -0.2) is 28.1 Å². The predicted molar refractivity (Wildman–Crippen MR) is 95.9 cm³/mol. The number of hydrogen-bond donors (Lipinski definition) is 0. The van der Waals surface area contributed by atoms with Gasteiger partial charge in [0, 0.05) is 18.2 Å². The number of rotatable bonds is 3. The highest BCUT2D eigenvalue weighted by Gasteiger charge is 2.42. The van der Waals surface area contributed by atoms with Crippen LogP contribution in [0.1, 0.15) is 40.7 Å². The summed E-state index contributed by atoms with van der Waals surface area (Å²) in [4.78, 5) is 14.5. The highest BCUT2D eigenvalue weighted by molar-refractivity contribution is 5.99. The number of alkyl halides is 2. The smallest absolute Gasteiger partial charge is 0.314 e. The highest BCUT2D eigenvalue weighted by atomic mass is 19.3. The number of fused-ring (bicyclic) bond motifs is 1. The van der Waals surface area contributed by atoms with Crippen molar-refractivity contribution in [3.8, 4) is 23.3 Å². The van der Waals surface area contributed by atoms with Gasteiger partial charge in [-0.25, -0.2) is 0 Å². The van der Waals surface area contributed by atoms with E-state index in [0.29, 0.717) is 22.4 Å². The van der Waals surface area contributed by atoms with Crippen molar-refractivity contribution < 1.29 is 22.7 Å². The van der Waals surface area contributed by atoms with Crippen LogP contribution in [-0.2, 0) is 5.72 Å². The quantitative estimate of drug-likeness (QED) is 0.667. The Labute approximate surface area is 164 Å². The summed E-state index contributed by atoms with van der Waals surface area (Å²) in [6.07, 6.45) is -2.88. The molecule has 2 heterocycles. The first-order chi connectivity index (χ1) is 13.8. The van der Waals surface area contributed by atoms with Gasteiger partial charge in [0.2, 0.25) is 11.6 Å². The van der Waals surface area contributed by atoms with Crippen LogP contribution in [0.25, 0.3) is 11.5 Å². The minimum atomic E-state index is -2.88. The number of amides is 1. The number of ether oxygens (including phenoxy) is 1. The zero-order chi connectivity index (χ0) is 20.8. The molecular formula is C20H14F2N4O3. The average Bonchev–Trinajstić information content (AvgIpc) is 3.23. The standard InChI is InChI=1S/C20H14F2N4O3/c1-20(13-6-3-11(10-23)4-7-13)26(2)19(27)14-9-12(5-8-15(14)29-20)17-24-25-18(28-17)16(21)22/h3-9,16H,1-2H3. The van der Waals surface area contributed by atoms with Crippen molar-refractivity contribution in [1.82, 2.24) is 15.1 Å². The summed E-state index contributed by atoms with van der Waals surface area (Å²) in [5, 5.41) is 15.9. The molecule has 0 bridgehead atoms. The molecule has 0 fully saturated rings. The molecule has 7 nitrogen and oxygen atoms in total. The fraction of sp³-hybridized carbons (Fsp3) is 0.200. The summed E-state index contributed by atoms with van der Waals surface area (Å²) < 4.78 is 36.4. The molecule has 0 radical (unpaired) electrons. The molecule has 1 amide bonds. The van der Waals surface area contributed by atoms with Gasteiger partial charge in [0.05, 0.1) is 17.2 Å². The van der Waals surface area contributed by atoms with Crippen molar-refractivity contribution in [2.75, 3.05) is 7.05 Å². The zero-order valence-corrected chi connectivity index (χ0v) is 15.4. The van der Waals surface area contributed by atoms with Crippen LogP contribution < -0.4 is 4.74 Å². The molecule has 2 aromatic carbocycles. The van der Waals surface area contributed by atoms with Gasteiger partial charge in [-0.1, -0.05) is 12.1 Å². The Balaban J connectivity index is 1.72. The Kier molecular flexibility index (Phi) is 4.27. The first-order valence-corrected chi connectivity index (χ1v) is 8.57. The minimum Gasteiger partial charge on any atom is -0.463 e. The van der Waals surface area contributed by atoms with E-state index in [-0.39, 0.29) is 17.4 Å². The maximum atomic E-state index is 13.0. The first kappa shape index (κ1) is 18.6. The molecule has 1 unspecified atom stereocenters. The molecule has 1 atom stereocenters. The van der Waals surface area contributed by atoms with Crippen molar-refractivity contribution in [2.45, 2.75) is 19.1 Å². The Hall–Kier alpha value is -3.80. The summed E-state index contributed by atoms with van der Waals surface area (Å²) >= 11 is 0. The maximum absolute atomic E-state index is 13.0. The second-order valence-electron chi connectivity index (χ2n) is 6.60. The summed E-state index contributed by atoms with van der Waals surface area (Å²) in [7, 11) is 1.59. The van der Waals surface area contributed by atoms with Crippen molar-refractivity contribution in [3.63, 3.8) is 0 Å². The normalized spacial score (nSPS) is 18.3. The molecule has 1 aromatic heterocycles. The maximum Gasteiger partial charge on any atom is 0.314 e. The Morgan fingerprint density at radius 2 is 1.90 bits per heavy atom. The summed E-state index contributed by atoms with van der Waals surface area (Å²) in [5.74, 6) is -0.893. The molecule has 146 valence electrons. The molecule has 3 aromatic rings. The monoisotopic (exact) mass is 396 g/mol. The Morgan fingerprint density at radius 1 is 1.17 bits per heavy atom. The summed E-state index contributed by atoms with van der Waals surface area (Å²) in [6.45, 7) is 1.75. The van der Waals surface area contributed by atoms with Gasteiger partial charge in [0.15, 0.2) is 0 Å². The van der Waals surface area contributed by atoms with E-state index in [2.05, 4.69) is 10.2 Å². The topological polar surface area (TPSA) is 92.2 Å². The molecule has 4 rings (SSSR count). The SMILES string of the molecule is CN1C(=O)c2cc(-c3nnc(C(F)F)o3)ccc2OC1(C)c1ccc(C#N)cc1. The van der Waals surface area contributed by atoms with Crippen molar-refractivity contribution >= 4 is 5.91 Å². The van der Waals surface area contributed by atoms with E-state index in [1.807, 2.05) is 6.07 Å². The lowest BCUT2D eigenvalue weighted by molar-refractivity contribution is -0.0556. The third-order valence-electron chi connectivity index (χ3n) is 4.89. The number of halogens is 2. The van der Waals surface area contributed by atoms with Crippen LogP contribution in [0.3, 0.4) is 0 Å². The predicted octanol–water partition coefficient (Wildman–Crippen LogP) is 3.88. The van der Waals surface area contributed by atoms with E-state index in [0.717, 1.165) is 0 Å². The Bertz CT molecular complexity index is 1140. The average molecular weight is 396 g/mol. The molecule has 1 aliphatic rings. The van der Waals surface area contributed by atoms with Gasteiger partial charge in [0.1, 0.15) is 5.75 Å². The molecular weight excluding hydrogens is 382 g/mol. The van der Waals surface area contributed by atoms with E-state index in [4.69, 9.17) is 14.4 Å². The highest BCUT2D eigenvalue weighted by Crippen LogP contribution is 2.40. The van der Waals surface area contributed by atoms with Gasteiger partial charge in [-0.15, -0.1) is 10.2 Å². The summed E-state index contributed by atoms with van der Waals surface area (Å²) in [6, 6.07) is 13.4. The molecule has 0 saturated heterocycles. The second-order valence-corrected chi connectivity index (χ2v) is 6.60. The summed E-state index contributed by atoms with van der Waals surface area (Å²) in [5.41, 5.74) is 0.672. The lowest BCUT2D eigenvalue weighted by Crippen LogP contribution is -2.52. The second kappa shape index (κ2) is 6.67. The lowest BCUT2D eigenvalue weighted by Gasteiger charge is -2.43. The van der Waals surface area contributed by atoms with Crippen LogP contribution in [0.15, 0.2) is 46.9 Å². The number of benzene rings is 2. The van der Waals surface area contributed by atoms with E-state index >= 15 is 0 Å². The van der Waals surface area contributed by atoms with Gasteiger partial charge < -0.3 is 9.15 Å². The zero-order valence-electron chi connectivity index (χ0n) is 15.4. The third-order valence-corrected chi connectivity index (χ3v) is 4.89. The lowest BCUT2D eigenvalue weighted by atomic mass is 9.97. The molecule has 0 aliphatic carbocycles. The fourth-order valence-electron chi connectivity index (χ4n) is 3.12. The third kappa shape index (κ3) is 2.99. The van der Waals surface area contributed by atoms with Crippen molar-refractivity contribution in [2.24, 2.45) is 0 Å². The van der Waals surface area contributed by atoms with Crippen LogP contribution in [0.4, 0.5) is 8.78 Å². The number of nitrogens with zero attached hydrogens (tertiary/aromatic N) is 4. The number of hydrogen-bond acceptors (Lipinski definition) is 6. The molecule has 29 heavy (non-hydrogen) atoms. The Morgan fingerprint density at radius 3 is 2.52 bits per heavy atom. The van der Waals surface area contributed by atoms with E-state index in [9.17, 15) is 13.6 Å². The number of carbonyl (C=O) groups excluding carboxylic acids is 1. The van der Waals surface area contributed by atoms with E-state index < -0.39 is 18.0 Å². The van der Waals surface area contributed by atoms with E-state index in [1.54, 1.807) is 50.4 Å². The van der Waals surface area contributed by atoms with Crippen LogP contribution in [0.5, 0.6) is 5.75 Å². The van der Waals surface area contributed by atoms with Crippen molar-refractivity contribution in [1.29, 1.82) is 5.26 Å². The van der Waals surface area contributed by atoms with Crippen LogP contribution in [0.2, 0.25) is 0 Å². The van der Waals surface area contributed by atoms with E-state index in [1.165, 1.54) is 11.0 Å². The molecule has 1 aliphatic heterocycles. The van der Waals surface area contributed by atoms with Gasteiger partial charge in [-0.3, -0.25) is 9.69 Å². The molecule has 0 spiro atoms. The molecule has 0 N–H and O–H groups in total. The van der Waals surface area contributed by atoms with Gasteiger partial charge >= 0.3 is 6.43 Å². The first-order valence-electron chi connectivity index (χ1n) is 8.57. The van der Waals surface area contributed by atoms with Gasteiger partial charge in [-0.2, -0.15) is 14.0 Å². The van der Waals surface area contributed by atoms with Gasteiger partial charge in [-0.05, 0) is 37.3 Å². The number of aromatic nitrogens is 2. The van der Waals surface area contributed by atoms with Gasteiger partial charge in [0.25, 0.3) is 11.8 Å². The van der Waals surface area contributed by atoms with Crippen LogP contribution >= 0.6 is 0 Å². The minimum absolute atomic E-state index is 0.112. The molecule has 0 saturated carbocycles.